The summed E-state index contributed by atoms with van der Waals surface area (Å²) in [7, 11) is -0.399. The van der Waals surface area contributed by atoms with Gasteiger partial charge in [0, 0.05) is 16.5 Å². The Kier molecular flexibility index (Phi) is 5.10. The van der Waals surface area contributed by atoms with E-state index in [4.69, 9.17) is 9.31 Å². The van der Waals surface area contributed by atoms with Crippen LogP contribution >= 0.6 is 0 Å². The molecule has 1 fully saturated rings. The summed E-state index contributed by atoms with van der Waals surface area (Å²) in [5.74, 6) is 0. The van der Waals surface area contributed by atoms with Crippen molar-refractivity contribution in [1.82, 2.24) is 4.57 Å². The van der Waals surface area contributed by atoms with Crippen LogP contribution in [0.3, 0.4) is 0 Å². The van der Waals surface area contributed by atoms with Crippen molar-refractivity contribution in [2.45, 2.75) is 38.9 Å². The second-order valence-corrected chi connectivity index (χ2v) is 11.3. The van der Waals surface area contributed by atoms with Crippen LogP contribution in [0.2, 0.25) is 0 Å². The first-order valence-corrected chi connectivity index (χ1v) is 13.3. The van der Waals surface area contributed by atoms with E-state index in [1.807, 2.05) is 0 Å². The van der Waals surface area contributed by atoms with Crippen LogP contribution in [0.5, 0.6) is 0 Å². The van der Waals surface area contributed by atoms with Crippen LogP contribution in [-0.4, -0.2) is 22.9 Å². The lowest BCUT2D eigenvalue weighted by Gasteiger charge is -2.32. The van der Waals surface area contributed by atoms with Gasteiger partial charge in [0.05, 0.1) is 22.2 Å². The van der Waals surface area contributed by atoms with E-state index in [0.717, 1.165) is 16.7 Å². The highest BCUT2D eigenvalue weighted by atomic mass is 16.7. The molecule has 1 aromatic heterocycles. The van der Waals surface area contributed by atoms with Crippen molar-refractivity contribution in [2.75, 3.05) is 0 Å². The average molecular weight is 495 g/mol. The van der Waals surface area contributed by atoms with Crippen LogP contribution in [0.1, 0.15) is 27.7 Å². The summed E-state index contributed by atoms with van der Waals surface area (Å²) in [6.07, 6.45) is 0. The zero-order chi connectivity index (χ0) is 26.1. The Morgan fingerprint density at radius 1 is 0.579 bits per heavy atom. The third-order valence-corrected chi connectivity index (χ3v) is 8.45. The van der Waals surface area contributed by atoms with Gasteiger partial charge in [-0.1, -0.05) is 84.9 Å². The molecule has 5 aromatic carbocycles. The monoisotopic (exact) mass is 495 g/mol. The lowest BCUT2D eigenvalue weighted by atomic mass is 9.79. The van der Waals surface area contributed by atoms with Gasteiger partial charge in [-0.3, -0.25) is 0 Å². The van der Waals surface area contributed by atoms with Gasteiger partial charge in [-0.25, -0.2) is 0 Å². The van der Waals surface area contributed by atoms with E-state index in [9.17, 15) is 0 Å². The number of fused-ring (bicyclic) bond motifs is 4. The molecule has 0 unspecified atom stereocenters. The van der Waals surface area contributed by atoms with Crippen molar-refractivity contribution in [3.63, 3.8) is 0 Å². The van der Waals surface area contributed by atoms with Crippen LogP contribution < -0.4 is 5.46 Å². The molecule has 0 radical (unpaired) electrons. The molecule has 186 valence electrons. The largest absolute Gasteiger partial charge is 0.494 e. The highest BCUT2D eigenvalue weighted by Gasteiger charge is 2.51. The highest BCUT2D eigenvalue weighted by molar-refractivity contribution is 6.62. The second-order valence-electron chi connectivity index (χ2n) is 11.3. The highest BCUT2D eigenvalue weighted by Crippen LogP contribution is 2.38. The lowest BCUT2D eigenvalue weighted by molar-refractivity contribution is 0.00578. The molecule has 0 saturated carbocycles. The van der Waals surface area contributed by atoms with E-state index in [-0.39, 0.29) is 11.2 Å². The molecule has 0 spiro atoms. The Morgan fingerprint density at radius 3 is 1.97 bits per heavy atom. The quantitative estimate of drug-likeness (QED) is 0.233. The summed E-state index contributed by atoms with van der Waals surface area (Å²) in [6.45, 7) is 8.39. The van der Waals surface area contributed by atoms with Crippen LogP contribution in [0.4, 0.5) is 0 Å². The Morgan fingerprint density at radius 2 is 1.21 bits per heavy atom. The first kappa shape index (κ1) is 23.3. The van der Waals surface area contributed by atoms with Gasteiger partial charge in [0.1, 0.15) is 0 Å². The van der Waals surface area contributed by atoms with E-state index in [2.05, 4.69) is 141 Å². The van der Waals surface area contributed by atoms with E-state index >= 15 is 0 Å². The maximum absolute atomic E-state index is 6.39. The first-order valence-electron chi connectivity index (χ1n) is 13.3. The fraction of sp³-hybridized carbons (Fsp3) is 0.176. The Labute approximate surface area is 223 Å². The van der Waals surface area contributed by atoms with Crippen molar-refractivity contribution in [3.05, 3.63) is 109 Å². The van der Waals surface area contributed by atoms with Crippen molar-refractivity contribution in [2.24, 2.45) is 0 Å². The molecule has 0 N–H and O–H groups in total. The molecule has 38 heavy (non-hydrogen) atoms. The summed E-state index contributed by atoms with van der Waals surface area (Å²) in [6, 6.07) is 39.2. The van der Waals surface area contributed by atoms with Gasteiger partial charge in [0.2, 0.25) is 0 Å². The van der Waals surface area contributed by atoms with Crippen LogP contribution in [-0.2, 0) is 9.31 Å². The number of hydrogen-bond acceptors (Lipinski definition) is 2. The van der Waals surface area contributed by atoms with Gasteiger partial charge < -0.3 is 13.9 Å². The third-order valence-electron chi connectivity index (χ3n) is 8.45. The normalized spacial score (nSPS) is 16.6. The Bertz CT molecular complexity index is 1810. The predicted octanol–water partition coefficient (Wildman–Crippen LogP) is 7.90. The summed E-state index contributed by atoms with van der Waals surface area (Å²) in [4.78, 5) is 0. The van der Waals surface area contributed by atoms with Gasteiger partial charge in [0.15, 0.2) is 0 Å². The zero-order valence-electron chi connectivity index (χ0n) is 22.2. The smallest absolute Gasteiger partial charge is 0.399 e. The standard InChI is InChI=1S/C34H30BNO2/c1-33(2)34(3,4)38-35(37-33)25-18-21-30-29-13-7-8-15-31(29)36(32(30)22-25)26-19-16-24(17-20-26)28-14-9-11-23-10-5-6-12-27(23)28/h5-22H,1-4H3. The molecule has 0 amide bonds. The van der Waals surface area contributed by atoms with Crippen molar-refractivity contribution >= 4 is 45.2 Å². The predicted molar refractivity (Wildman–Crippen MR) is 159 cm³/mol. The van der Waals surface area contributed by atoms with Gasteiger partial charge in [-0.2, -0.15) is 0 Å². The molecule has 0 atom stereocenters. The molecule has 0 bridgehead atoms. The SMILES string of the molecule is CC1(C)OB(c2ccc3c4ccccc4n(-c4ccc(-c5cccc6ccccc56)cc4)c3c2)OC1(C)C. The number of rotatable bonds is 3. The van der Waals surface area contributed by atoms with Gasteiger partial charge in [0.25, 0.3) is 0 Å². The molecule has 4 heteroatoms. The van der Waals surface area contributed by atoms with Crippen LogP contribution in [0.25, 0.3) is 49.4 Å². The maximum atomic E-state index is 6.39. The summed E-state index contributed by atoms with van der Waals surface area (Å²) in [5.41, 5.74) is 6.21. The fourth-order valence-corrected chi connectivity index (χ4v) is 5.66. The van der Waals surface area contributed by atoms with Crippen molar-refractivity contribution in [3.8, 4) is 16.8 Å². The van der Waals surface area contributed by atoms with E-state index in [1.165, 1.54) is 38.2 Å². The van der Waals surface area contributed by atoms with Gasteiger partial charge in [-0.15, -0.1) is 0 Å². The van der Waals surface area contributed by atoms with E-state index < -0.39 is 7.12 Å². The fourth-order valence-electron chi connectivity index (χ4n) is 5.66. The Hall–Kier alpha value is -3.86. The topological polar surface area (TPSA) is 23.4 Å². The molecule has 1 aliphatic rings. The average Bonchev–Trinajstić information content (AvgIpc) is 3.37. The number of hydrogen-bond donors (Lipinski definition) is 0. The van der Waals surface area contributed by atoms with Crippen LogP contribution in [0, 0.1) is 0 Å². The molecule has 2 heterocycles. The number of benzene rings is 5. The summed E-state index contributed by atoms with van der Waals surface area (Å²) >= 11 is 0. The molecule has 1 aliphatic heterocycles. The molecule has 7 rings (SSSR count). The minimum atomic E-state index is -0.399. The molecule has 0 aliphatic carbocycles. The minimum Gasteiger partial charge on any atom is -0.399 e. The lowest BCUT2D eigenvalue weighted by Crippen LogP contribution is -2.41. The summed E-state index contributed by atoms with van der Waals surface area (Å²) < 4.78 is 15.1. The van der Waals surface area contributed by atoms with Gasteiger partial charge in [-0.05, 0) is 79.3 Å². The Balaban J connectivity index is 1.37. The molecule has 3 nitrogen and oxygen atoms in total. The van der Waals surface area contributed by atoms with Crippen LogP contribution in [0.15, 0.2) is 109 Å². The maximum Gasteiger partial charge on any atom is 0.494 e. The van der Waals surface area contributed by atoms with Gasteiger partial charge >= 0.3 is 7.12 Å². The van der Waals surface area contributed by atoms with Crippen molar-refractivity contribution < 1.29 is 9.31 Å². The molecule has 1 saturated heterocycles. The molecule has 6 aromatic rings. The minimum absolute atomic E-state index is 0.378. The number of aromatic nitrogens is 1. The zero-order valence-corrected chi connectivity index (χ0v) is 22.2. The number of nitrogens with zero attached hydrogens (tertiary/aromatic N) is 1. The van der Waals surface area contributed by atoms with E-state index in [1.54, 1.807) is 0 Å². The molecular formula is C34H30BNO2. The molecular weight excluding hydrogens is 465 g/mol. The van der Waals surface area contributed by atoms with E-state index in [0.29, 0.717) is 0 Å². The second kappa shape index (κ2) is 8.32. The summed E-state index contributed by atoms with van der Waals surface area (Å²) in [5, 5.41) is 4.98. The van der Waals surface area contributed by atoms with Crippen molar-refractivity contribution in [1.29, 1.82) is 0 Å². The first-order chi connectivity index (χ1) is 18.3. The third kappa shape index (κ3) is 3.52. The number of para-hydroxylation sites is 1.